The van der Waals surface area contributed by atoms with Crippen LogP contribution in [0.25, 0.3) is 0 Å². The fourth-order valence-electron chi connectivity index (χ4n) is 0.949. The topological polar surface area (TPSA) is 110 Å². The van der Waals surface area contributed by atoms with Gasteiger partial charge in [-0.2, -0.15) is 0 Å². The molecule has 3 N–H and O–H groups in total. The summed E-state index contributed by atoms with van der Waals surface area (Å²) < 4.78 is 9.77. The molecule has 0 aliphatic heterocycles. The molecular weight excluding hydrogens is 259 g/mol. The number of hydrogen-bond donors (Lipinski definition) is 3. The van der Waals surface area contributed by atoms with Crippen LogP contribution >= 0.6 is 7.82 Å². The van der Waals surface area contributed by atoms with E-state index in [-0.39, 0.29) is 5.91 Å². The van der Waals surface area contributed by atoms with Crippen molar-refractivity contribution in [2.45, 2.75) is 13.3 Å². The van der Waals surface area contributed by atoms with Gasteiger partial charge >= 0.3 is 0 Å². The molecule has 0 bridgehead atoms. The van der Waals surface area contributed by atoms with Gasteiger partial charge in [-0.15, -0.1) is 0 Å². The van der Waals surface area contributed by atoms with Crippen LogP contribution in [0.1, 0.15) is 13.3 Å². The van der Waals surface area contributed by atoms with Crippen molar-refractivity contribution < 1.29 is 28.5 Å². The van der Waals surface area contributed by atoms with Crippen LogP contribution in [0.4, 0.5) is 0 Å². The Labute approximate surface area is 108 Å². The first-order valence-corrected chi connectivity index (χ1v) is 7.03. The van der Waals surface area contributed by atoms with E-state index < -0.39 is 7.82 Å². The minimum atomic E-state index is -4.89. The number of quaternary nitrogens is 1. The Morgan fingerprint density at radius 2 is 1.94 bits per heavy atom. The van der Waals surface area contributed by atoms with Crippen molar-refractivity contribution in [3.05, 3.63) is 12.7 Å². The molecular formula is C10H23N2O5P. The van der Waals surface area contributed by atoms with Crippen molar-refractivity contribution >= 4 is 13.7 Å². The molecule has 0 fully saturated rings. The summed E-state index contributed by atoms with van der Waals surface area (Å²) in [6, 6.07) is 0. The van der Waals surface area contributed by atoms with Crippen LogP contribution in [0.2, 0.25) is 0 Å². The molecule has 0 spiro atoms. The molecule has 1 amide bonds. The van der Waals surface area contributed by atoms with Gasteiger partial charge < -0.3 is 24.5 Å². The number of carbonyl (C=O) groups is 1. The lowest BCUT2D eigenvalue weighted by Gasteiger charge is -2.28. The van der Waals surface area contributed by atoms with Crippen molar-refractivity contribution in [2.24, 2.45) is 0 Å². The summed E-state index contributed by atoms with van der Waals surface area (Å²) in [5, 5.41) is 2.76. The van der Waals surface area contributed by atoms with E-state index in [0.717, 1.165) is 30.5 Å². The van der Waals surface area contributed by atoms with Crippen molar-refractivity contribution in [1.29, 1.82) is 0 Å². The Morgan fingerprint density at radius 3 is 2.28 bits per heavy atom. The second-order valence-electron chi connectivity index (χ2n) is 4.31. The van der Waals surface area contributed by atoms with E-state index in [1.165, 1.54) is 6.08 Å². The first-order chi connectivity index (χ1) is 8.02. The first kappa shape index (κ1) is 19.6. The van der Waals surface area contributed by atoms with E-state index in [4.69, 9.17) is 19.2 Å². The molecule has 0 rings (SSSR count). The summed E-state index contributed by atoms with van der Waals surface area (Å²) in [4.78, 5) is 33.7. The summed E-state index contributed by atoms with van der Waals surface area (Å²) in [6.45, 7) is 8.51. The van der Waals surface area contributed by atoms with Gasteiger partial charge in [-0.25, -0.2) is 0 Å². The van der Waals surface area contributed by atoms with Crippen molar-refractivity contribution in [1.82, 2.24) is 5.32 Å². The van der Waals surface area contributed by atoms with Crippen molar-refractivity contribution in [3.63, 3.8) is 0 Å². The summed E-state index contributed by atoms with van der Waals surface area (Å²) in [5.41, 5.74) is 0. The van der Waals surface area contributed by atoms with Gasteiger partial charge in [-0.1, -0.05) is 6.58 Å². The lowest BCUT2D eigenvalue weighted by molar-refractivity contribution is -0.888. The average Bonchev–Trinajstić information content (AvgIpc) is 2.21. The number of rotatable bonds is 6. The molecule has 0 unspecified atom stereocenters. The molecule has 0 saturated heterocycles. The quantitative estimate of drug-likeness (QED) is 0.256. The minimum absolute atomic E-state index is 0.0817. The van der Waals surface area contributed by atoms with Gasteiger partial charge in [0.2, 0.25) is 5.91 Å². The van der Waals surface area contributed by atoms with Gasteiger partial charge in [-0.05, 0) is 13.0 Å². The summed E-state index contributed by atoms with van der Waals surface area (Å²) in [6.07, 6.45) is 2.32. The molecule has 0 saturated carbocycles. The van der Waals surface area contributed by atoms with Crippen LogP contribution in [0.5, 0.6) is 0 Å². The zero-order valence-electron chi connectivity index (χ0n) is 11.1. The van der Waals surface area contributed by atoms with Crippen LogP contribution < -0.4 is 10.2 Å². The Bertz CT molecular complexity index is 292. The van der Waals surface area contributed by atoms with E-state index in [9.17, 15) is 4.79 Å². The molecule has 0 atom stereocenters. The third-order valence-corrected chi connectivity index (χ3v) is 2.28. The Morgan fingerprint density at radius 1 is 1.50 bits per heavy atom. The molecule has 7 nitrogen and oxygen atoms in total. The molecule has 108 valence electrons. The smallest absolute Gasteiger partial charge is 0.262 e. The number of amides is 1. The molecule has 0 radical (unpaired) electrons. The molecule has 0 aromatic heterocycles. The zero-order valence-corrected chi connectivity index (χ0v) is 12.0. The number of phosphoric acid groups is 1. The van der Waals surface area contributed by atoms with Gasteiger partial charge in [0.05, 0.1) is 27.2 Å². The molecule has 0 aromatic rings. The van der Waals surface area contributed by atoms with Crippen molar-refractivity contribution in [2.75, 3.05) is 33.7 Å². The van der Waals surface area contributed by atoms with Crippen LogP contribution in [0, 0.1) is 0 Å². The van der Waals surface area contributed by atoms with Gasteiger partial charge in [0.15, 0.2) is 0 Å². The van der Waals surface area contributed by atoms with Gasteiger partial charge in [-0.3, -0.25) is 9.36 Å². The molecule has 8 heteroatoms. The number of hydrogen-bond acceptors (Lipinski definition) is 3. The summed E-state index contributed by atoms with van der Waals surface area (Å²) in [5.74, 6) is -0.0817. The molecule has 0 heterocycles. The fourth-order valence-corrected chi connectivity index (χ4v) is 0.949. The average molecular weight is 282 g/mol. The lowest BCUT2D eigenvalue weighted by atomic mass is 10.3. The largest absolute Gasteiger partial charge is 0.756 e. The second-order valence-corrected chi connectivity index (χ2v) is 5.30. The monoisotopic (exact) mass is 282 g/mol. The van der Waals surface area contributed by atoms with E-state index in [0.29, 0.717) is 0 Å². The maximum Gasteiger partial charge on any atom is 0.262 e. The summed E-state index contributed by atoms with van der Waals surface area (Å²) in [7, 11) is -0.509. The minimum Gasteiger partial charge on any atom is -0.756 e. The highest BCUT2D eigenvalue weighted by molar-refractivity contribution is 7.43. The maximum atomic E-state index is 10.8. The molecule has 0 aromatic carbocycles. The number of nitrogens with one attached hydrogen (secondary N) is 1. The highest BCUT2D eigenvalue weighted by Crippen LogP contribution is 2.18. The number of nitrogens with zero attached hydrogens (tertiary/aromatic N) is 1. The van der Waals surface area contributed by atoms with Gasteiger partial charge in [0.25, 0.3) is 7.82 Å². The Hall–Kier alpha value is -0.720. The lowest BCUT2D eigenvalue weighted by Crippen LogP contribution is -2.41. The van der Waals surface area contributed by atoms with Gasteiger partial charge in [0.1, 0.15) is 0 Å². The van der Waals surface area contributed by atoms with E-state index in [2.05, 4.69) is 32.9 Å². The highest BCUT2D eigenvalue weighted by Gasteiger charge is 2.10. The van der Waals surface area contributed by atoms with Gasteiger partial charge in [0, 0.05) is 13.0 Å². The third-order valence-electron chi connectivity index (χ3n) is 2.28. The van der Waals surface area contributed by atoms with Crippen molar-refractivity contribution in [3.8, 4) is 0 Å². The summed E-state index contributed by atoms with van der Waals surface area (Å²) >= 11 is 0. The predicted molar refractivity (Wildman–Crippen MR) is 67.4 cm³/mol. The zero-order chi connectivity index (χ0) is 14.8. The molecule has 18 heavy (non-hydrogen) atoms. The standard InChI is InChI=1S/C10H20N2O.H3O4P/c1-5-10(13)11-8-7-9-12(3,4)6-2;1-5(2,3)4/h5H,1,6-9H2,2-4H3;(H3,1,2,3,4). The van der Waals surface area contributed by atoms with Crippen LogP contribution in [-0.2, 0) is 9.36 Å². The maximum absolute atomic E-state index is 10.8. The van der Waals surface area contributed by atoms with Crippen LogP contribution in [-0.4, -0.2) is 53.9 Å². The number of carbonyl (C=O) groups excluding carboxylic acids is 1. The second kappa shape index (κ2) is 9.24. The molecule has 0 aliphatic carbocycles. The molecule has 0 aliphatic rings. The normalized spacial score (nSPS) is 11.2. The van der Waals surface area contributed by atoms with E-state index >= 15 is 0 Å². The predicted octanol–water partition coefficient (Wildman–Crippen LogP) is -0.786. The van der Waals surface area contributed by atoms with E-state index in [1.807, 2.05) is 0 Å². The first-order valence-electron chi connectivity index (χ1n) is 5.50. The third kappa shape index (κ3) is 20.7. The van der Waals surface area contributed by atoms with E-state index in [1.54, 1.807) is 0 Å². The van der Waals surface area contributed by atoms with Crippen LogP contribution in [0.3, 0.4) is 0 Å². The highest BCUT2D eigenvalue weighted by atomic mass is 31.2. The SMILES string of the molecule is C=CC(=O)NCCC[N+](C)(C)CC.O=P([O-])(O)O. The fraction of sp³-hybridized carbons (Fsp3) is 0.700. The Kier molecular flexibility index (Phi) is 10.1. The van der Waals surface area contributed by atoms with Crippen LogP contribution in [0.15, 0.2) is 12.7 Å². The Balaban J connectivity index is 0.